The molecule has 0 aromatic heterocycles. The Hall–Kier alpha value is -2.01. The smallest absolute Gasteiger partial charge is 0.373 e. The van der Waals surface area contributed by atoms with Crippen LogP contribution >= 0.6 is 0 Å². The third kappa shape index (κ3) is 9.99. The highest BCUT2D eigenvalue weighted by Gasteiger charge is 2.52. The van der Waals surface area contributed by atoms with E-state index in [9.17, 15) is 20.1 Å². The van der Waals surface area contributed by atoms with Crippen LogP contribution in [0.2, 0.25) is 0 Å². The van der Waals surface area contributed by atoms with Crippen molar-refractivity contribution in [3.63, 3.8) is 0 Å². The van der Waals surface area contributed by atoms with Crippen LogP contribution in [-0.4, -0.2) is 85.0 Å². The van der Waals surface area contributed by atoms with Crippen molar-refractivity contribution in [2.24, 2.45) is 35.5 Å². The number of ether oxygens (including phenoxy) is 5. The molecule has 0 aromatic carbocycles. The molecular weight excluding hydrogens is 576 g/mol. The van der Waals surface area contributed by atoms with Crippen molar-refractivity contribution in [3.8, 4) is 0 Å². The zero-order chi connectivity index (χ0) is 34.2. The third-order valence-electron chi connectivity index (χ3n) is 9.77. The Bertz CT molecular complexity index is 1080. The molecule has 0 amide bonds. The lowest BCUT2D eigenvalue weighted by Gasteiger charge is -2.50. The number of allylic oxidation sites excluding steroid dienone is 5. The molecule has 0 spiro atoms. The molecule has 0 bridgehead atoms. The van der Waals surface area contributed by atoms with Crippen LogP contribution in [0.15, 0.2) is 47.3 Å². The number of carbonyl (C=O) groups is 1. The summed E-state index contributed by atoms with van der Waals surface area (Å²) in [5.74, 6) is -3.87. The number of esters is 1. The van der Waals surface area contributed by atoms with Gasteiger partial charge in [-0.25, -0.2) is 4.79 Å². The highest BCUT2D eigenvalue weighted by atomic mass is 16.6. The number of carbonyl (C=O) groups excluding carboxylic acids is 1. The molecule has 2 aliphatic heterocycles. The summed E-state index contributed by atoms with van der Waals surface area (Å²) in [4.78, 5) is 13.5. The first-order valence-electron chi connectivity index (χ1n) is 16.3. The number of hydrogen-bond donors (Lipinski definition) is 3. The maximum absolute atomic E-state index is 13.5. The lowest BCUT2D eigenvalue weighted by Crippen LogP contribution is -2.59. The van der Waals surface area contributed by atoms with E-state index < -0.39 is 48.0 Å². The standard InChI is InChI=1S/C36H60O9/c1-20(2)33-25(7)30(43-12)19-36(40,45-33)27(9)32(38)26(8)34-28(41-10)15-13-14-21(3)16-23(5)31(37)24(6)17-22(4)18-29(42-11)35(39)44-34/h13-15,17-18,20,23-28,30-34,37-38,40H,16,19H2,1-12H3/b15-13+,21-14+,22-17+,29-18-/t23-,24-,25-,26-,27+,28-,30+,31-,32+,33+,34+,36+/m0/s1. The molecule has 9 heteroatoms. The van der Waals surface area contributed by atoms with E-state index in [1.807, 2.05) is 66.7 Å². The molecule has 0 aromatic rings. The summed E-state index contributed by atoms with van der Waals surface area (Å²) in [6.07, 6.45) is 6.00. The molecule has 0 unspecified atom stereocenters. The topological polar surface area (TPSA) is 124 Å². The van der Waals surface area contributed by atoms with Crippen LogP contribution in [0.3, 0.4) is 0 Å². The molecule has 2 heterocycles. The number of aliphatic hydroxyl groups excluding tert-OH is 2. The quantitative estimate of drug-likeness (QED) is 0.303. The molecule has 0 aliphatic carbocycles. The zero-order valence-electron chi connectivity index (χ0n) is 29.5. The summed E-state index contributed by atoms with van der Waals surface area (Å²) in [5, 5.41) is 34.6. The summed E-state index contributed by atoms with van der Waals surface area (Å²) in [5.41, 5.74) is 1.81. The Morgan fingerprint density at radius 2 is 1.67 bits per heavy atom. The van der Waals surface area contributed by atoms with E-state index in [0.29, 0.717) is 6.42 Å². The number of methoxy groups -OCH3 is 3. The van der Waals surface area contributed by atoms with Gasteiger partial charge in [-0.2, -0.15) is 0 Å². The number of aliphatic hydroxyl groups is 3. The molecule has 12 atom stereocenters. The second-order valence-corrected chi connectivity index (χ2v) is 13.8. The minimum atomic E-state index is -1.67. The average molecular weight is 637 g/mol. The highest BCUT2D eigenvalue weighted by molar-refractivity contribution is 5.87. The van der Waals surface area contributed by atoms with Crippen molar-refractivity contribution in [3.05, 3.63) is 47.3 Å². The van der Waals surface area contributed by atoms with Crippen molar-refractivity contribution in [1.29, 1.82) is 0 Å². The van der Waals surface area contributed by atoms with Gasteiger partial charge in [0.2, 0.25) is 5.76 Å². The number of cyclic esters (lactones) is 1. The molecule has 2 rings (SSSR count). The first kappa shape index (κ1) is 39.2. The van der Waals surface area contributed by atoms with E-state index in [4.69, 9.17) is 23.7 Å². The zero-order valence-corrected chi connectivity index (χ0v) is 29.5. The van der Waals surface area contributed by atoms with E-state index in [2.05, 4.69) is 0 Å². The third-order valence-corrected chi connectivity index (χ3v) is 9.77. The molecule has 258 valence electrons. The lowest BCUT2D eigenvalue weighted by molar-refractivity contribution is -0.330. The maximum atomic E-state index is 13.5. The Balaban J connectivity index is 2.53. The summed E-state index contributed by atoms with van der Waals surface area (Å²) in [6, 6.07) is 0. The van der Waals surface area contributed by atoms with Gasteiger partial charge in [0.15, 0.2) is 5.79 Å². The fourth-order valence-corrected chi connectivity index (χ4v) is 6.82. The molecule has 0 saturated carbocycles. The Morgan fingerprint density at radius 1 is 1.02 bits per heavy atom. The predicted octanol–water partition coefficient (Wildman–Crippen LogP) is 5.35. The normalized spacial score (nSPS) is 40.5. The first-order chi connectivity index (χ1) is 21.0. The van der Waals surface area contributed by atoms with Gasteiger partial charge >= 0.3 is 5.97 Å². The molecular formula is C36H60O9. The van der Waals surface area contributed by atoms with Crippen molar-refractivity contribution in [1.82, 2.24) is 0 Å². The van der Waals surface area contributed by atoms with Gasteiger partial charge in [-0.05, 0) is 38.2 Å². The van der Waals surface area contributed by atoms with Gasteiger partial charge in [0.25, 0.3) is 0 Å². The van der Waals surface area contributed by atoms with E-state index >= 15 is 0 Å². The van der Waals surface area contributed by atoms with E-state index in [1.54, 1.807) is 33.1 Å². The van der Waals surface area contributed by atoms with Crippen LogP contribution in [0, 0.1) is 35.5 Å². The van der Waals surface area contributed by atoms with Gasteiger partial charge in [-0.1, -0.05) is 83.9 Å². The van der Waals surface area contributed by atoms with Crippen LogP contribution in [-0.2, 0) is 28.5 Å². The monoisotopic (exact) mass is 636 g/mol. The van der Waals surface area contributed by atoms with E-state index in [-0.39, 0.29) is 48.1 Å². The second-order valence-electron chi connectivity index (χ2n) is 13.8. The van der Waals surface area contributed by atoms with Crippen LogP contribution in [0.1, 0.15) is 75.2 Å². The van der Waals surface area contributed by atoms with Crippen LogP contribution < -0.4 is 0 Å². The number of rotatable bonds is 8. The molecule has 45 heavy (non-hydrogen) atoms. The fourth-order valence-electron chi connectivity index (χ4n) is 6.82. The fraction of sp³-hybridized carbons (Fsp3) is 0.750. The van der Waals surface area contributed by atoms with Crippen molar-refractivity contribution >= 4 is 5.97 Å². The molecule has 1 fully saturated rings. The predicted molar refractivity (Wildman–Crippen MR) is 175 cm³/mol. The van der Waals surface area contributed by atoms with Crippen LogP contribution in [0.4, 0.5) is 0 Å². The van der Waals surface area contributed by atoms with Gasteiger partial charge in [0, 0.05) is 44.3 Å². The Labute approximate surface area is 271 Å². The molecule has 1 saturated heterocycles. The van der Waals surface area contributed by atoms with Gasteiger partial charge in [-0.15, -0.1) is 0 Å². The lowest BCUT2D eigenvalue weighted by atomic mass is 9.76. The van der Waals surface area contributed by atoms with Crippen molar-refractivity contribution < 1.29 is 43.8 Å². The van der Waals surface area contributed by atoms with E-state index in [1.165, 1.54) is 14.2 Å². The average Bonchev–Trinajstić information content (AvgIpc) is 2.99. The minimum Gasteiger partial charge on any atom is -0.490 e. The highest BCUT2D eigenvalue weighted by Crippen LogP contribution is 2.42. The number of hydrogen-bond acceptors (Lipinski definition) is 9. The molecule has 3 N–H and O–H groups in total. The van der Waals surface area contributed by atoms with Crippen LogP contribution in [0.5, 0.6) is 0 Å². The minimum absolute atomic E-state index is 0.00358. The van der Waals surface area contributed by atoms with Gasteiger partial charge in [0.1, 0.15) is 12.2 Å². The summed E-state index contributed by atoms with van der Waals surface area (Å²) >= 11 is 0. The van der Waals surface area contributed by atoms with Crippen molar-refractivity contribution in [2.45, 2.75) is 118 Å². The van der Waals surface area contributed by atoms with Gasteiger partial charge in [-0.3, -0.25) is 0 Å². The summed E-state index contributed by atoms with van der Waals surface area (Å²) in [6.45, 7) is 17.4. The summed E-state index contributed by atoms with van der Waals surface area (Å²) < 4.78 is 29.4. The Kier molecular flexibility index (Phi) is 15.0. The second kappa shape index (κ2) is 17.2. The molecule has 2 aliphatic rings. The Morgan fingerprint density at radius 3 is 2.22 bits per heavy atom. The van der Waals surface area contributed by atoms with Gasteiger partial charge in [0.05, 0.1) is 31.5 Å². The SMILES string of the molecule is CO/C1=C\C(C)=C\[C@H](C)[C@@H](O)[C@@H](C)C/C(C)=C/C=C/[C@H](OC)[C@@H]([C@@H](C)[C@@H](O)[C@@H](C)[C@@]2(O)C[C@@H](OC)[C@H](C)[C@@H](C(C)C)O2)OC1=O. The van der Waals surface area contributed by atoms with Crippen molar-refractivity contribution in [2.75, 3.05) is 21.3 Å². The van der Waals surface area contributed by atoms with Crippen LogP contribution in [0.25, 0.3) is 0 Å². The van der Waals surface area contributed by atoms with E-state index in [0.717, 1.165) is 11.1 Å². The van der Waals surface area contributed by atoms with Gasteiger partial charge < -0.3 is 39.0 Å². The maximum Gasteiger partial charge on any atom is 0.373 e. The molecule has 9 nitrogen and oxygen atoms in total. The largest absolute Gasteiger partial charge is 0.490 e. The summed E-state index contributed by atoms with van der Waals surface area (Å²) in [7, 11) is 4.53. The molecule has 0 radical (unpaired) electrons. The first-order valence-corrected chi connectivity index (χ1v) is 16.3.